The lowest BCUT2D eigenvalue weighted by molar-refractivity contribution is -0.111. The van der Waals surface area contributed by atoms with E-state index < -0.39 is 0 Å². The zero-order valence-electron chi connectivity index (χ0n) is 16.6. The fraction of sp³-hybridized carbons (Fsp3) is 0.261. The van der Waals surface area contributed by atoms with Crippen molar-refractivity contribution in [1.82, 2.24) is 0 Å². The van der Waals surface area contributed by atoms with Crippen molar-refractivity contribution in [2.45, 2.75) is 12.8 Å². The maximum absolute atomic E-state index is 12.8. The molecule has 0 bridgehead atoms. The topological polar surface area (TPSA) is 54.0 Å². The van der Waals surface area contributed by atoms with E-state index in [1.807, 2.05) is 48.6 Å². The van der Waals surface area contributed by atoms with Crippen molar-refractivity contribution in [3.63, 3.8) is 0 Å². The normalized spacial score (nSPS) is 16.5. The van der Waals surface area contributed by atoms with Gasteiger partial charge in [0, 0.05) is 11.1 Å². The summed E-state index contributed by atoms with van der Waals surface area (Å²) in [5.74, 6) is 2.68. The molecule has 0 spiro atoms. The van der Waals surface area contributed by atoms with Crippen LogP contribution in [0.15, 0.2) is 47.5 Å². The van der Waals surface area contributed by atoms with Crippen LogP contribution in [0.5, 0.6) is 23.0 Å². The number of methoxy groups -OCH3 is 4. The van der Waals surface area contributed by atoms with Crippen molar-refractivity contribution in [1.29, 1.82) is 0 Å². The van der Waals surface area contributed by atoms with Crippen LogP contribution in [-0.2, 0) is 4.79 Å². The van der Waals surface area contributed by atoms with Crippen molar-refractivity contribution in [3.8, 4) is 23.0 Å². The average molecular weight is 380 g/mol. The molecule has 0 amide bonds. The van der Waals surface area contributed by atoms with Gasteiger partial charge in [-0.1, -0.05) is 12.1 Å². The van der Waals surface area contributed by atoms with Crippen LogP contribution < -0.4 is 18.9 Å². The van der Waals surface area contributed by atoms with Gasteiger partial charge in [-0.25, -0.2) is 0 Å². The van der Waals surface area contributed by atoms with Crippen molar-refractivity contribution < 1.29 is 23.7 Å². The minimum Gasteiger partial charge on any atom is -0.493 e. The second-order valence-electron chi connectivity index (χ2n) is 6.40. The van der Waals surface area contributed by atoms with Gasteiger partial charge >= 0.3 is 0 Å². The second-order valence-corrected chi connectivity index (χ2v) is 6.40. The summed E-state index contributed by atoms with van der Waals surface area (Å²) in [7, 11) is 6.39. The highest BCUT2D eigenvalue weighted by molar-refractivity contribution is 6.15. The van der Waals surface area contributed by atoms with E-state index in [0.29, 0.717) is 35.8 Å². The van der Waals surface area contributed by atoms with E-state index >= 15 is 0 Å². The summed E-state index contributed by atoms with van der Waals surface area (Å²) < 4.78 is 21.2. The zero-order valence-corrected chi connectivity index (χ0v) is 16.6. The van der Waals surface area contributed by atoms with Crippen molar-refractivity contribution >= 4 is 17.9 Å². The van der Waals surface area contributed by atoms with E-state index in [4.69, 9.17) is 18.9 Å². The van der Waals surface area contributed by atoms with Gasteiger partial charge in [0.1, 0.15) is 0 Å². The quantitative estimate of drug-likeness (QED) is 0.688. The minimum absolute atomic E-state index is 0.0737. The van der Waals surface area contributed by atoms with Gasteiger partial charge in [0.2, 0.25) is 0 Å². The molecule has 0 unspecified atom stereocenters. The Morgan fingerprint density at radius 2 is 1.04 bits per heavy atom. The van der Waals surface area contributed by atoms with Gasteiger partial charge in [-0.05, 0) is 60.4 Å². The van der Waals surface area contributed by atoms with Crippen LogP contribution >= 0.6 is 0 Å². The third-order valence-electron chi connectivity index (χ3n) is 4.74. The molecule has 5 nitrogen and oxygen atoms in total. The number of ketones is 1. The van der Waals surface area contributed by atoms with E-state index in [9.17, 15) is 4.79 Å². The Morgan fingerprint density at radius 1 is 0.643 bits per heavy atom. The number of rotatable bonds is 6. The highest BCUT2D eigenvalue weighted by Crippen LogP contribution is 2.34. The maximum Gasteiger partial charge on any atom is 0.185 e. The first-order chi connectivity index (χ1) is 13.6. The minimum atomic E-state index is 0.0737. The molecule has 0 atom stereocenters. The standard InChI is InChI=1S/C23H24O5/c1-25-19-9-5-15(13-21(19)27-3)11-17-7-8-18(23(17)24)12-16-6-10-20(26-2)22(14-16)28-4/h5-6,9-14H,7-8H2,1-4H3. The van der Waals surface area contributed by atoms with Gasteiger partial charge < -0.3 is 18.9 Å². The van der Waals surface area contributed by atoms with Gasteiger partial charge in [0.15, 0.2) is 28.8 Å². The Balaban J connectivity index is 1.85. The van der Waals surface area contributed by atoms with Crippen molar-refractivity contribution in [3.05, 3.63) is 58.7 Å². The average Bonchev–Trinajstić information content (AvgIpc) is 3.07. The first-order valence-electron chi connectivity index (χ1n) is 8.99. The van der Waals surface area contributed by atoms with Gasteiger partial charge in [-0.2, -0.15) is 0 Å². The third kappa shape index (κ3) is 4.03. The van der Waals surface area contributed by atoms with Crippen LogP contribution in [0, 0.1) is 0 Å². The Labute approximate surface area is 165 Å². The Kier molecular flexibility index (Phi) is 6.04. The molecule has 2 aromatic carbocycles. The number of Topliss-reactive ketones (excluding diaryl/α,β-unsaturated/α-hetero) is 1. The number of ether oxygens (including phenoxy) is 4. The summed E-state index contributed by atoms with van der Waals surface area (Å²) in [5.41, 5.74) is 3.40. The largest absolute Gasteiger partial charge is 0.493 e. The lowest BCUT2D eigenvalue weighted by Crippen LogP contribution is -1.96. The molecule has 28 heavy (non-hydrogen) atoms. The van der Waals surface area contributed by atoms with Crippen LogP contribution in [0.4, 0.5) is 0 Å². The van der Waals surface area contributed by atoms with E-state index in [0.717, 1.165) is 22.3 Å². The van der Waals surface area contributed by atoms with Crippen LogP contribution in [0.3, 0.4) is 0 Å². The first kappa shape index (κ1) is 19.5. The molecule has 5 heteroatoms. The summed E-state index contributed by atoms with van der Waals surface area (Å²) in [6.07, 6.45) is 5.26. The van der Waals surface area contributed by atoms with E-state index in [2.05, 4.69) is 0 Å². The molecule has 146 valence electrons. The molecule has 0 aromatic heterocycles. The van der Waals surface area contributed by atoms with Crippen LogP contribution in [0.1, 0.15) is 24.0 Å². The molecule has 1 fully saturated rings. The summed E-state index contributed by atoms with van der Waals surface area (Å²) in [4.78, 5) is 12.8. The van der Waals surface area contributed by atoms with E-state index in [1.54, 1.807) is 28.4 Å². The van der Waals surface area contributed by atoms with Gasteiger partial charge in [-0.3, -0.25) is 4.79 Å². The predicted molar refractivity (Wildman–Crippen MR) is 109 cm³/mol. The molecule has 0 heterocycles. The number of hydrogen-bond donors (Lipinski definition) is 0. The predicted octanol–water partition coefficient (Wildman–Crippen LogP) is 4.55. The molecule has 0 N–H and O–H groups in total. The number of hydrogen-bond acceptors (Lipinski definition) is 5. The first-order valence-corrected chi connectivity index (χ1v) is 8.99. The number of carbonyl (C=O) groups is 1. The van der Waals surface area contributed by atoms with E-state index in [-0.39, 0.29) is 5.78 Å². The highest BCUT2D eigenvalue weighted by Gasteiger charge is 2.23. The molecule has 1 aliphatic carbocycles. The Morgan fingerprint density at radius 3 is 1.39 bits per heavy atom. The molecule has 0 radical (unpaired) electrons. The summed E-state index contributed by atoms with van der Waals surface area (Å²) >= 11 is 0. The molecule has 1 aliphatic rings. The van der Waals surface area contributed by atoms with Crippen molar-refractivity contribution in [2.75, 3.05) is 28.4 Å². The van der Waals surface area contributed by atoms with E-state index in [1.165, 1.54) is 0 Å². The second kappa shape index (κ2) is 8.65. The summed E-state index contributed by atoms with van der Waals surface area (Å²) in [6, 6.07) is 11.2. The highest BCUT2D eigenvalue weighted by atomic mass is 16.5. The summed E-state index contributed by atoms with van der Waals surface area (Å²) in [6.45, 7) is 0. The molecular formula is C23H24O5. The lowest BCUT2D eigenvalue weighted by Gasteiger charge is -2.08. The monoisotopic (exact) mass is 380 g/mol. The molecule has 0 aliphatic heterocycles. The van der Waals surface area contributed by atoms with Gasteiger partial charge in [-0.15, -0.1) is 0 Å². The Bertz CT molecular complexity index is 865. The fourth-order valence-corrected chi connectivity index (χ4v) is 3.27. The lowest BCUT2D eigenvalue weighted by atomic mass is 10.1. The van der Waals surface area contributed by atoms with Gasteiger partial charge in [0.25, 0.3) is 0 Å². The molecule has 2 aromatic rings. The maximum atomic E-state index is 12.8. The third-order valence-corrected chi connectivity index (χ3v) is 4.74. The molecule has 1 saturated carbocycles. The number of carbonyl (C=O) groups excluding carboxylic acids is 1. The zero-order chi connectivity index (χ0) is 20.1. The van der Waals surface area contributed by atoms with Crippen LogP contribution in [0.25, 0.3) is 12.2 Å². The molecule has 0 saturated heterocycles. The fourth-order valence-electron chi connectivity index (χ4n) is 3.27. The SMILES string of the molecule is COc1ccc(C=C2CCC(=Cc3ccc(OC)c(OC)c3)C2=O)cc1OC. The Hall–Kier alpha value is -3.21. The van der Waals surface area contributed by atoms with Gasteiger partial charge in [0.05, 0.1) is 28.4 Å². The van der Waals surface area contributed by atoms with Crippen LogP contribution in [-0.4, -0.2) is 34.2 Å². The molecular weight excluding hydrogens is 356 g/mol. The number of allylic oxidation sites excluding steroid dienone is 2. The molecule has 3 rings (SSSR count). The van der Waals surface area contributed by atoms with Crippen LogP contribution in [0.2, 0.25) is 0 Å². The van der Waals surface area contributed by atoms with Crippen molar-refractivity contribution in [2.24, 2.45) is 0 Å². The number of benzene rings is 2. The smallest absolute Gasteiger partial charge is 0.185 e. The summed E-state index contributed by atoms with van der Waals surface area (Å²) in [5, 5.41) is 0.